The van der Waals surface area contributed by atoms with Crippen molar-refractivity contribution < 1.29 is 14.3 Å². The van der Waals surface area contributed by atoms with Crippen LogP contribution in [0.15, 0.2) is 18.2 Å². The number of nitrogens with zero attached hydrogens (tertiary/aromatic N) is 2. The van der Waals surface area contributed by atoms with Gasteiger partial charge in [-0.1, -0.05) is 6.42 Å². The molecule has 1 unspecified atom stereocenters. The van der Waals surface area contributed by atoms with Crippen LogP contribution in [0.3, 0.4) is 0 Å². The Balaban J connectivity index is 0.00000131. The number of amides is 1. The molecule has 2 saturated heterocycles. The first-order valence-corrected chi connectivity index (χ1v) is 9.44. The molecule has 152 valence electrons. The molecular weight excluding hydrogens is 389 g/mol. The highest BCUT2D eigenvalue weighted by molar-refractivity contribution is 5.91. The van der Waals surface area contributed by atoms with Gasteiger partial charge < -0.3 is 19.7 Å². The summed E-state index contributed by atoms with van der Waals surface area (Å²) in [7, 11) is 0. The van der Waals surface area contributed by atoms with Gasteiger partial charge in [0, 0.05) is 43.9 Å². The summed E-state index contributed by atoms with van der Waals surface area (Å²) in [5.41, 5.74) is 0.769. The number of piperazine rings is 1. The van der Waals surface area contributed by atoms with Gasteiger partial charge in [-0.15, -0.1) is 24.8 Å². The molecule has 1 aromatic rings. The third kappa shape index (κ3) is 5.64. The van der Waals surface area contributed by atoms with Gasteiger partial charge in [0.05, 0.1) is 0 Å². The number of halogens is 2. The molecule has 1 amide bonds. The van der Waals surface area contributed by atoms with E-state index in [1.807, 2.05) is 18.2 Å². The van der Waals surface area contributed by atoms with E-state index < -0.39 is 0 Å². The molecule has 4 rings (SSSR count). The van der Waals surface area contributed by atoms with E-state index in [1.54, 1.807) is 0 Å². The van der Waals surface area contributed by atoms with Crippen LogP contribution in [-0.2, 0) is 4.79 Å². The van der Waals surface area contributed by atoms with E-state index in [0.717, 1.165) is 37.0 Å². The molecule has 1 aromatic carbocycles. The molecule has 0 bridgehead atoms. The molecule has 0 aromatic heterocycles. The van der Waals surface area contributed by atoms with Gasteiger partial charge >= 0.3 is 0 Å². The molecule has 2 fully saturated rings. The van der Waals surface area contributed by atoms with Crippen molar-refractivity contribution in [3.8, 4) is 11.5 Å². The van der Waals surface area contributed by atoms with E-state index >= 15 is 0 Å². The lowest BCUT2D eigenvalue weighted by Gasteiger charge is -2.44. The maximum Gasteiger partial charge on any atom is 0.231 e. The summed E-state index contributed by atoms with van der Waals surface area (Å²) in [5, 5.41) is 2.95. The molecule has 8 heteroatoms. The fourth-order valence-corrected chi connectivity index (χ4v) is 4.08. The van der Waals surface area contributed by atoms with Gasteiger partial charge in [-0.25, -0.2) is 0 Å². The maximum atomic E-state index is 12.2. The molecular formula is C19H29Cl2N3O3. The molecule has 3 heterocycles. The largest absolute Gasteiger partial charge is 0.454 e. The zero-order chi connectivity index (χ0) is 17.1. The summed E-state index contributed by atoms with van der Waals surface area (Å²) in [6, 6.07) is 6.25. The van der Waals surface area contributed by atoms with Crippen molar-refractivity contribution in [2.75, 3.05) is 44.8 Å². The Morgan fingerprint density at radius 1 is 1.11 bits per heavy atom. The predicted octanol–water partition coefficient (Wildman–Crippen LogP) is 3.15. The zero-order valence-corrected chi connectivity index (χ0v) is 17.2. The summed E-state index contributed by atoms with van der Waals surface area (Å²) in [6.45, 7) is 6.04. The highest BCUT2D eigenvalue weighted by Gasteiger charge is 2.28. The number of carbonyl (C=O) groups excluding carboxylic acids is 1. The molecule has 0 radical (unpaired) electrons. The summed E-state index contributed by atoms with van der Waals surface area (Å²) in [4.78, 5) is 17.3. The third-order valence-electron chi connectivity index (χ3n) is 5.46. The zero-order valence-electron chi connectivity index (χ0n) is 15.5. The SMILES string of the molecule is Cl.Cl.O=C(CCCN1CCN2CCCCC2C1)Nc1ccc2c(c1)OCO2. The topological polar surface area (TPSA) is 54.0 Å². The predicted molar refractivity (Wildman–Crippen MR) is 111 cm³/mol. The number of hydrogen-bond acceptors (Lipinski definition) is 5. The van der Waals surface area contributed by atoms with Crippen molar-refractivity contribution in [3.63, 3.8) is 0 Å². The quantitative estimate of drug-likeness (QED) is 0.797. The van der Waals surface area contributed by atoms with Gasteiger partial charge in [0.1, 0.15) is 0 Å². The van der Waals surface area contributed by atoms with Gasteiger partial charge in [0.25, 0.3) is 0 Å². The molecule has 0 spiro atoms. The first kappa shape index (κ1) is 22.1. The minimum absolute atomic E-state index is 0. The van der Waals surface area contributed by atoms with Gasteiger partial charge in [-0.2, -0.15) is 0 Å². The van der Waals surface area contributed by atoms with Crippen molar-refractivity contribution in [3.05, 3.63) is 18.2 Å². The minimum Gasteiger partial charge on any atom is -0.454 e. The molecule has 27 heavy (non-hydrogen) atoms. The number of benzene rings is 1. The third-order valence-corrected chi connectivity index (χ3v) is 5.46. The Hall–Kier alpha value is -1.21. The molecule has 3 aliphatic heterocycles. The van der Waals surface area contributed by atoms with Crippen LogP contribution >= 0.6 is 24.8 Å². The van der Waals surface area contributed by atoms with Crippen LogP contribution in [0.5, 0.6) is 11.5 Å². The Labute approximate surface area is 173 Å². The second-order valence-electron chi connectivity index (χ2n) is 7.21. The summed E-state index contributed by atoms with van der Waals surface area (Å²) in [6.07, 6.45) is 5.52. The molecule has 0 aliphatic carbocycles. The molecule has 0 saturated carbocycles. The van der Waals surface area contributed by atoms with Crippen LogP contribution in [0.2, 0.25) is 0 Å². The lowest BCUT2D eigenvalue weighted by atomic mass is 9.99. The minimum atomic E-state index is 0. The van der Waals surface area contributed by atoms with E-state index in [4.69, 9.17) is 9.47 Å². The van der Waals surface area contributed by atoms with Crippen LogP contribution in [0.1, 0.15) is 32.1 Å². The van der Waals surface area contributed by atoms with Crippen LogP contribution in [0.4, 0.5) is 5.69 Å². The Morgan fingerprint density at radius 2 is 1.96 bits per heavy atom. The van der Waals surface area contributed by atoms with Crippen molar-refractivity contribution in [2.45, 2.75) is 38.1 Å². The number of carbonyl (C=O) groups is 1. The Morgan fingerprint density at radius 3 is 2.85 bits per heavy atom. The summed E-state index contributed by atoms with van der Waals surface area (Å²) < 4.78 is 10.6. The Bertz CT molecular complexity index is 632. The van der Waals surface area contributed by atoms with E-state index in [-0.39, 0.29) is 37.5 Å². The highest BCUT2D eigenvalue weighted by Crippen LogP contribution is 2.34. The van der Waals surface area contributed by atoms with Crippen molar-refractivity contribution in [1.82, 2.24) is 9.80 Å². The lowest BCUT2D eigenvalue weighted by molar-refractivity contribution is -0.116. The number of rotatable bonds is 5. The number of ether oxygens (including phenoxy) is 2. The van der Waals surface area contributed by atoms with Gasteiger partial charge in [0.2, 0.25) is 12.7 Å². The van der Waals surface area contributed by atoms with Gasteiger partial charge in [-0.3, -0.25) is 9.69 Å². The first-order chi connectivity index (χ1) is 12.3. The first-order valence-electron chi connectivity index (χ1n) is 9.44. The van der Waals surface area contributed by atoms with E-state index in [2.05, 4.69) is 15.1 Å². The second-order valence-corrected chi connectivity index (χ2v) is 7.21. The fourth-order valence-electron chi connectivity index (χ4n) is 4.08. The highest BCUT2D eigenvalue weighted by atomic mass is 35.5. The number of anilines is 1. The summed E-state index contributed by atoms with van der Waals surface area (Å²) >= 11 is 0. The summed E-state index contributed by atoms with van der Waals surface area (Å²) in [5.74, 6) is 1.50. The fraction of sp³-hybridized carbons (Fsp3) is 0.632. The lowest BCUT2D eigenvalue weighted by Crippen LogP contribution is -2.54. The van der Waals surface area contributed by atoms with Gasteiger partial charge in [0.15, 0.2) is 11.5 Å². The molecule has 1 atom stereocenters. The average molecular weight is 418 g/mol. The van der Waals surface area contributed by atoms with Gasteiger partial charge in [-0.05, 0) is 44.5 Å². The van der Waals surface area contributed by atoms with E-state index in [0.29, 0.717) is 12.2 Å². The molecule has 1 N–H and O–H groups in total. The van der Waals surface area contributed by atoms with E-state index in [9.17, 15) is 4.79 Å². The van der Waals surface area contributed by atoms with Crippen molar-refractivity contribution in [2.24, 2.45) is 0 Å². The number of fused-ring (bicyclic) bond motifs is 2. The molecule has 3 aliphatic rings. The molecule has 6 nitrogen and oxygen atoms in total. The average Bonchev–Trinajstić information content (AvgIpc) is 3.09. The van der Waals surface area contributed by atoms with Crippen molar-refractivity contribution >= 4 is 36.4 Å². The van der Waals surface area contributed by atoms with Crippen LogP contribution in [0.25, 0.3) is 0 Å². The maximum absolute atomic E-state index is 12.2. The van der Waals surface area contributed by atoms with Crippen LogP contribution < -0.4 is 14.8 Å². The monoisotopic (exact) mass is 417 g/mol. The second kappa shape index (κ2) is 10.4. The number of hydrogen-bond donors (Lipinski definition) is 1. The van der Waals surface area contributed by atoms with Crippen LogP contribution in [-0.4, -0.2) is 61.3 Å². The van der Waals surface area contributed by atoms with E-state index in [1.165, 1.54) is 38.9 Å². The number of nitrogens with one attached hydrogen (secondary N) is 1. The Kier molecular flexibility index (Phi) is 8.48. The van der Waals surface area contributed by atoms with Crippen molar-refractivity contribution in [1.29, 1.82) is 0 Å². The normalized spacial score (nSPS) is 21.6. The standard InChI is InChI=1S/C19H27N3O3.2ClH/c23-19(20-15-6-7-17-18(12-15)25-14-24-17)5-3-8-21-10-11-22-9-2-1-4-16(22)13-21;;/h6-7,12,16H,1-5,8-11,13-14H2,(H,20,23);2*1H. The van der Waals surface area contributed by atoms with Crippen LogP contribution in [0, 0.1) is 0 Å². The number of piperidine rings is 1. The smallest absolute Gasteiger partial charge is 0.231 e.